The molecule has 1 saturated heterocycles. The Morgan fingerprint density at radius 3 is 2.60 bits per heavy atom. The number of nitrogens with zero attached hydrogens (tertiary/aromatic N) is 2. The summed E-state index contributed by atoms with van der Waals surface area (Å²) in [5.41, 5.74) is 1.98. The molecule has 2 aliphatic rings. The number of aliphatic carboxylic acids is 1. The Labute approximate surface area is 205 Å². The van der Waals surface area contributed by atoms with Crippen LogP contribution in [0.25, 0.3) is 0 Å². The van der Waals surface area contributed by atoms with Crippen molar-refractivity contribution in [1.82, 2.24) is 15.1 Å². The molecule has 1 aromatic rings. The third-order valence-electron chi connectivity index (χ3n) is 6.09. The molecule has 2 heterocycles. The van der Waals surface area contributed by atoms with Gasteiger partial charge in [0.05, 0.1) is 12.3 Å². The van der Waals surface area contributed by atoms with Gasteiger partial charge in [-0.3, -0.25) is 14.4 Å². The van der Waals surface area contributed by atoms with Gasteiger partial charge in [-0.2, -0.15) is 0 Å². The normalized spacial score (nSPS) is 18.6. The number of carboxylic acid groups (broad SMARTS) is 1. The molecule has 9 nitrogen and oxygen atoms in total. The summed E-state index contributed by atoms with van der Waals surface area (Å²) in [4.78, 5) is 52.5. The minimum Gasteiger partial charge on any atom is -0.481 e. The second kappa shape index (κ2) is 10.8. The number of nitrogens with one attached hydrogen (secondary N) is 1. The average Bonchev–Trinajstić information content (AvgIpc) is 2.81. The predicted molar refractivity (Wildman–Crippen MR) is 128 cm³/mol. The molecular formula is C26H33N3O6. The summed E-state index contributed by atoms with van der Waals surface area (Å²) < 4.78 is 5.47. The first kappa shape index (κ1) is 26.1. The number of carbonyl (C=O) groups excluding carboxylic acids is 3. The van der Waals surface area contributed by atoms with Gasteiger partial charge >= 0.3 is 12.1 Å². The van der Waals surface area contributed by atoms with Gasteiger partial charge in [-0.15, -0.1) is 6.42 Å². The third-order valence-corrected chi connectivity index (χ3v) is 6.09. The Kier molecular flexibility index (Phi) is 8.05. The highest BCUT2D eigenvalue weighted by molar-refractivity contribution is 5.95. The van der Waals surface area contributed by atoms with Crippen LogP contribution in [0.1, 0.15) is 61.5 Å². The van der Waals surface area contributed by atoms with E-state index in [-0.39, 0.29) is 30.9 Å². The summed E-state index contributed by atoms with van der Waals surface area (Å²) in [6.07, 6.45) is 6.53. The van der Waals surface area contributed by atoms with Crippen LogP contribution in [0.15, 0.2) is 18.2 Å². The highest BCUT2D eigenvalue weighted by atomic mass is 16.6. The zero-order valence-electron chi connectivity index (χ0n) is 20.5. The van der Waals surface area contributed by atoms with Gasteiger partial charge < -0.3 is 25.0 Å². The summed E-state index contributed by atoms with van der Waals surface area (Å²) in [6.45, 7) is 7.23. The smallest absolute Gasteiger partial charge is 0.410 e. The van der Waals surface area contributed by atoms with Crippen LogP contribution in [0.2, 0.25) is 0 Å². The molecular weight excluding hydrogens is 450 g/mol. The monoisotopic (exact) mass is 483 g/mol. The van der Waals surface area contributed by atoms with E-state index < -0.39 is 23.5 Å². The highest BCUT2D eigenvalue weighted by Crippen LogP contribution is 2.24. The minimum absolute atomic E-state index is 0.154. The first-order valence-electron chi connectivity index (χ1n) is 11.8. The van der Waals surface area contributed by atoms with E-state index in [9.17, 15) is 19.2 Å². The van der Waals surface area contributed by atoms with E-state index in [0.29, 0.717) is 44.5 Å². The van der Waals surface area contributed by atoms with Crippen LogP contribution in [0.5, 0.6) is 0 Å². The average molecular weight is 484 g/mol. The van der Waals surface area contributed by atoms with Gasteiger partial charge in [0.2, 0.25) is 5.91 Å². The summed E-state index contributed by atoms with van der Waals surface area (Å²) >= 11 is 0. The lowest BCUT2D eigenvalue weighted by molar-refractivity contribution is -0.137. The van der Waals surface area contributed by atoms with Crippen LogP contribution in [0, 0.1) is 18.3 Å². The number of likely N-dealkylation sites (tertiary alicyclic amines) is 1. The molecule has 0 spiro atoms. The zero-order valence-corrected chi connectivity index (χ0v) is 20.5. The van der Waals surface area contributed by atoms with Gasteiger partial charge in [0, 0.05) is 31.7 Å². The van der Waals surface area contributed by atoms with E-state index in [4.69, 9.17) is 16.3 Å². The Morgan fingerprint density at radius 1 is 1.20 bits per heavy atom. The summed E-state index contributed by atoms with van der Waals surface area (Å²) in [6, 6.07) is 4.61. The predicted octanol–water partition coefficient (Wildman–Crippen LogP) is 2.42. The maximum absolute atomic E-state index is 13.2. The van der Waals surface area contributed by atoms with Crippen molar-refractivity contribution in [2.75, 3.05) is 19.6 Å². The number of benzene rings is 1. The number of amides is 3. The molecule has 2 N–H and O–H groups in total. The quantitative estimate of drug-likeness (QED) is 0.622. The van der Waals surface area contributed by atoms with Crippen molar-refractivity contribution in [3.63, 3.8) is 0 Å². The number of ether oxygens (including phenoxy) is 1. The van der Waals surface area contributed by atoms with Crippen LogP contribution in [-0.4, -0.2) is 70.1 Å². The molecule has 0 bridgehead atoms. The zero-order chi connectivity index (χ0) is 25.8. The molecule has 1 aromatic carbocycles. The van der Waals surface area contributed by atoms with E-state index in [2.05, 4.69) is 11.2 Å². The molecule has 0 aromatic heterocycles. The Balaban J connectivity index is 1.63. The molecule has 0 aliphatic carbocycles. The number of piperidine rings is 1. The summed E-state index contributed by atoms with van der Waals surface area (Å²) in [5.74, 6) is 0.265. The van der Waals surface area contributed by atoms with Gasteiger partial charge in [-0.1, -0.05) is 12.0 Å². The molecule has 9 heteroatoms. The van der Waals surface area contributed by atoms with Crippen LogP contribution in [0.3, 0.4) is 0 Å². The van der Waals surface area contributed by atoms with E-state index in [0.717, 1.165) is 11.1 Å². The van der Waals surface area contributed by atoms with Crippen LogP contribution in [-0.2, 0) is 27.3 Å². The fourth-order valence-electron chi connectivity index (χ4n) is 4.34. The molecule has 0 radical (unpaired) electrons. The molecule has 3 rings (SSSR count). The Morgan fingerprint density at radius 2 is 1.94 bits per heavy atom. The topological polar surface area (TPSA) is 116 Å². The Bertz CT molecular complexity index is 1040. The van der Waals surface area contributed by atoms with E-state index in [1.54, 1.807) is 15.9 Å². The van der Waals surface area contributed by atoms with Crippen LogP contribution < -0.4 is 5.32 Å². The number of rotatable bonds is 5. The van der Waals surface area contributed by atoms with E-state index in [1.807, 2.05) is 32.9 Å². The second-order valence-electron chi connectivity index (χ2n) is 10.1. The van der Waals surface area contributed by atoms with Gasteiger partial charge in [0.25, 0.3) is 5.91 Å². The number of carbonyl (C=O) groups is 4. The number of terminal acetylenes is 1. The molecule has 0 saturated carbocycles. The fourth-order valence-corrected chi connectivity index (χ4v) is 4.34. The van der Waals surface area contributed by atoms with Gasteiger partial charge in [-0.25, -0.2) is 4.79 Å². The molecule has 35 heavy (non-hydrogen) atoms. The van der Waals surface area contributed by atoms with E-state index >= 15 is 0 Å². The molecule has 2 aliphatic heterocycles. The summed E-state index contributed by atoms with van der Waals surface area (Å²) in [7, 11) is 0. The number of carboxylic acids is 1. The van der Waals surface area contributed by atoms with Gasteiger partial charge in [-0.05, 0) is 63.3 Å². The number of hydrogen-bond acceptors (Lipinski definition) is 5. The first-order chi connectivity index (χ1) is 16.5. The molecule has 188 valence electrons. The van der Waals surface area contributed by atoms with Gasteiger partial charge in [0.1, 0.15) is 11.6 Å². The SMILES string of the molecule is C#CC(CC(=O)O)NC(=O)[C@@H]1CCCN(C(=O)c2ccc3c(c2)CCN(C(=O)OC(C)(C)C)C3)C1. The first-order valence-corrected chi connectivity index (χ1v) is 11.8. The number of hydrogen-bond donors (Lipinski definition) is 2. The fraction of sp³-hybridized carbons (Fsp3) is 0.538. The van der Waals surface area contributed by atoms with Gasteiger partial charge in [0.15, 0.2) is 0 Å². The standard InChI is InChI=1S/C26H33N3O6/c1-5-21(14-22(30)31)27-23(32)20-7-6-11-28(16-20)24(33)18-8-9-19-15-29(12-10-17(19)13-18)25(34)35-26(2,3)4/h1,8-9,13,20-21H,6-7,10-12,14-16H2,2-4H3,(H,27,32)(H,30,31)/t20-,21?/m1/s1. The maximum Gasteiger partial charge on any atom is 0.410 e. The maximum atomic E-state index is 13.2. The van der Waals surface area contributed by atoms with Crippen molar-refractivity contribution in [2.24, 2.45) is 5.92 Å². The van der Waals surface area contributed by atoms with Crippen molar-refractivity contribution < 1.29 is 29.0 Å². The molecule has 1 fully saturated rings. The minimum atomic E-state index is -1.09. The van der Waals surface area contributed by atoms with Crippen LogP contribution >= 0.6 is 0 Å². The number of fused-ring (bicyclic) bond motifs is 1. The lowest BCUT2D eigenvalue weighted by Crippen LogP contribution is -2.47. The van der Waals surface area contributed by atoms with Crippen molar-refractivity contribution >= 4 is 23.9 Å². The summed E-state index contributed by atoms with van der Waals surface area (Å²) in [5, 5.41) is 11.5. The third kappa shape index (κ3) is 6.98. The molecule has 1 unspecified atom stereocenters. The molecule has 3 amide bonds. The van der Waals surface area contributed by atoms with Crippen molar-refractivity contribution in [3.8, 4) is 12.3 Å². The van der Waals surface area contributed by atoms with Crippen molar-refractivity contribution in [3.05, 3.63) is 34.9 Å². The lowest BCUT2D eigenvalue weighted by Gasteiger charge is -2.33. The van der Waals surface area contributed by atoms with Crippen LogP contribution in [0.4, 0.5) is 4.79 Å². The Hall–Kier alpha value is -3.54. The molecule has 2 atom stereocenters. The second-order valence-corrected chi connectivity index (χ2v) is 10.1. The largest absolute Gasteiger partial charge is 0.481 e. The highest BCUT2D eigenvalue weighted by Gasteiger charge is 2.31. The van der Waals surface area contributed by atoms with Crippen molar-refractivity contribution in [2.45, 2.75) is 64.6 Å². The van der Waals surface area contributed by atoms with Crippen molar-refractivity contribution in [1.29, 1.82) is 0 Å². The van der Waals surface area contributed by atoms with E-state index in [1.165, 1.54) is 0 Å². The lowest BCUT2D eigenvalue weighted by atomic mass is 9.94.